The molecule has 3 aromatic rings. The standard InChI is InChI=1S/C20H17N3O/c1-12-22-19-16(11-21)17(13-7-3-2-4-8-13)14-9-5-6-10-15(14)18(19)20(24)23-12/h2-4,7-8H,5-6,9-10H2,1H3,(H,22,23,24). The van der Waals surface area contributed by atoms with E-state index in [9.17, 15) is 10.1 Å². The molecule has 4 nitrogen and oxygen atoms in total. The number of H-pyrrole nitrogens is 1. The van der Waals surface area contributed by atoms with Gasteiger partial charge in [-0.1, -0.05) is 30.3 Å². The zero-order valence-corrected chi connectivity index (χ0v) is 13.5. The first-order valence-corrected chi connectivity index (χ1v) is 8.24. The van der Waals surface area contributed by atoms with E-state index in [2.05, 4.69) is 16.0 Å². The number of aromatic amines is 1. The normalized spacial score (nSPS) is 13.5. The fraction of sp³-hybridized carbons (Fsp3) is 0.250. The molecule has 1 aromatic heterocycles. The molecule has 0 bridgehead atoms. The molecule has 0 saturated heterocycles. The van der Waals surface area contributed by atoms with Crippen LogP contribution in [-0.2, 0) is 12.8 Å². The first kappa shape index (κ1) is 14.6. The van der Waals surface area contributed by atoms with E-state index in [4.69, 9.17) is 0 Å². The van der Waals surface area contributed by atoms with Gasteiger partial charge in [-0.3, -0.25) is 4.79 Å². The molecule has 4 rings (SSSR count). The molecule has 0 radical (unpaired) electrons. The van der Waals surface area contributed by atoms with Crippen LogP contribution in [0.2, 0.25) is 0 Å². The summed E-state index contributed by atoms with van der Waals surface area (Å²) < 4.78 is 0. The van der Waals surface area contributed by atoms with E-state index in [0.29, 0.717) is 22.3 Å². The molecule has 0 unspecified atom stereocenters. The lowest BCUT2D eigenvalue weighted by Gasteiger charge is -2.23. The number of aromatic nitrogens is 2. The zero-order valence-electron chi connectivity index (χ0n) is 13.5. The minimum absolute atomic E-state index is 0.133. The van der Waals surface area contributed by atoms with Gasteiger partial charge in [-0.25, -0.2) is 4.98 Å². The van der Waals surface area contributed by atoms with Gasteiger partial charge in [0.15, 0.2) is 0 Å². The molecule has 0 spiro atoms. The lowest BCUT2D eigenvalue weighted by Crippen LogP contribution is -2.17. The van der Waals surface area contributed by atoms with E-state index in [1.54, 1.807) is 6.92 Å². The molecule has 118 valence electrons. The summed E-state index contributed by atoms with van der Waals surface area (Å²) in [5.74, 6) is 0.541. The van der Waals surface area contributed by atoms with Crippen LogP contribution >= 0.6 is 0 Å². The van der Waals surface area contributed by atoms with Gasteiger partial charge in [0, 0.05) is 5.56 Å². The molecule has 1 heterocycles. The van der Waals surface area contributed by atoms with Crippen LogP contribution in [0.4, 0.5) is 0 Å². The van der Waals surface area contributed by atoms with E-state index in [-0.39, 0.29) is 5.56 Å². The predicted molar refractivity (Wildman–Crippen MR) is 93.9 cm³/mol. The number of nitriles is 1. The Morgan fingerprint density at radius 2 is 1.83 bits per heavy atom. The minimum Gasteiger partial charge on any atom is -0.310 e. The number of rotatable bonds is 1. The molecular formula is C20H17N3O. The Kier molecular flexibility index (Phi) is 3.42. The first-order valence-electron chi connectivity index (χ1n) is 8.24. The second-order valence-electron chi connectivity index (χ2n) is 6.27. The molecule has 4 heteroatoms. The van der Waals surface area contributed by atoms with Crippen LogP contribution in [0.3, 0.4) is 0 Å². The van der Waals surface area contributed by atoms with Crippen LogP contribution in [0, 0.1) is 18.3 Å². The van der Waals surface area contributed by atoms with E-state index >= 15 is 0 Å². The van der Waals surface area contributed by atoms with Crippen molar-refractivity contribution in [1.29, 1.82) is 5.26 Å². The van der Waals surface area contributed by atoms with Crippen molar-refractivity contribution in [1.82, 2.24) is 9.97 Å². The minimum atomic E-state index is -0.133. The van der Waals surface area contributed by atoms with E-state index < -0.39 is 0 Å². The molecule has 1 aliphatic rings. The third-order valence-corrected chi connectivity index (χ3v) is 4.77. The van der Waals surface area contributed by atoms with Crippen LogP contribution in [0.1, 0.15) is 35.4 Å². The molecular weight excluding hydrogens is 298 g/mol. The van der Waals surface area contributed by atoms with E-state index in [0.717, 1.165) is 47.9 Å². The maximum atomic E-state index is 12.6. The third kappa shape index (κ3) is 2.13. The molecule has 0 fully saturated rings. The number of fused-ring (bicyclic) bond motifs is 3. The maximum absolute atomic E-state index is 12.6. The Bertz CT molecular complexity index is 1040. The SMILES string of the molecule is Cc1nc2c(C#N)c(-c3ccccc3)c3c(c2c(=O)[nH]1)CCCC3. The topological polar surface area (TPSA) is 69.5 Å². The Balaban J connectivity index is 2.24. The number of benzene rings is 2. The molecule has 0 saturated carbocycles. The van der Waals surface area contributed by atoms with Gasteiger partial charge in [-0.15, -0.1) is 0 Å². The van der Waals surface area contributed by atoms with Crippen molar-refractivity contribution >= 4 is 10.9 Å². The van der Waals surface area contributed by atoms with Crippen molar-refractivity contribution in [3.05, 3.63) is 63.2 Å². The average molecular weight is 315 g/mol. The van der Waals surface area contributed by atoms with Gasteiger partial charge in [0.1, 0.15) is 11.9 Å². The molecule has 0 amide bonds. The third-order valence-electron chi connectivity index (χ3n) is 4.77. The fourth-order valence-electron chi connectivity index (χ4n) is 3.81. The van der Waals surface area contributed by atoms with Gasteiger partial charge in [0.25, 0.3) is 5.56 Å². The van der Waals surface area contributed by atoms with Gasteiger partial charge < -0.3 is 4.98 Å². The number of aryl methyl sites for hydroxylation is 2. The summed E-state index contributed by atoms with van der Waals surface area (Å²) in [5, 5.41) is 10.5. The van der Waals surface area contributed by atoms with Crippen molar-refractivity contribution in [3.8, 4) is 17.2 Å². The van der Waals surface area contributed by atoms with Gasteiger partial charge >= 0.3 is 0 Å². The molecule has 0 atom stereocenters. The molecule has 0 aliphatic heterocycles. The van der Waals surface area contributed by atoms with Crippen LogP contribution in [0.25, 0.3) is 22.0 Å². The van der Waals surface area contributed by atoms with Crippen molar-refractivity contribution in [2.24, 2.45) is 0 Å². The Labute approximate surface area is 139 Å². The van der Waals surface area contributed by atoms with E-state index in [1.165, 1.54) is 0 Å². The Morgan fingerprint density at radius 1 is 1.12 bits per heavy atom. The van der Waals surface area contributed by atoms with Crippen molar-refractivity contribution < 1.29 is 0 Å². The molecule has 1 aliphatic carbocycles. The van der Waals surface area contributed by atoms with E-state index in [1.807, 2.05) is 30.3 Å². The fourth-order valence-corrected chi connectivity index (χ4v) is 3.81. The van der Waals surface area contributed by atoms with Crippen LogP contribution in [0.5, 0.6) is 0 Å². The highest BCUT2D eigenvalue weighted by molar-refractivity contribution is 5.96. The van der Waals surface area contributed by atoms with Gasteiger partial charge in [-0.2, -0.15) is 5.26 Å². The lowest BCUT2D eigenvalue weighted by atomic mass is 9.81. The van der Waals surface area contributed by atoms with Crippen LogP contribution in [0.15, 0.2) is 35.1 Å². The van der Waals surface area contributed by atoms with Crippen LogP contribution in [-0.4, -0.2) is 9.97 Å². The summed E-state index contributed by atoms with van der Waals surface area (Å²) >= 11 is 0. The maximum Gasteiger partial charge on any atom is 0.259 e. The summed E-state index contributed by atoms with van der Waals surface area (Å²) in [6.45, 7) is 1.75. The van der Waals surface area contributed by atoms with Crippen molar-refractivity contribution in [2.45, 2.75) is 32.6 Å². The quantitative estimate of drug-likeness (QED) is 0.745. The van der Waals surface area contributed by atoms with Crippen molar-refractivity contribution in [2.75, 3.05) is 0 Å². The summed E-state index contributed by atoms with van der Waals surface area (Å²) in [7, 11) is 0. The summed E-state index contributed by atoms with van der Waals surface area (Å²) in [5.41, 5.74) is 5.12. The highest BCUT2D eigenvalue weighted by atomic mass is 16.1. The number of hydrogen-bond acceptors (Lipinski definition) is 3. The van der Waals surface area contributed by atoms with Gasteiger partial charge in [0.2, 0.25) is 0 Å². The predicted octanol–water partition coefficient (Wildman–Crippen LogP) is 3.65. The highest BCUT2D eigenvalue weighted by Gasteiger charge is 2.25. The second-order valence-corrected chi connectivity index (χ2v) is 6.27. The van der Waals surface area contributed by atoms with Crippen LogP contribution < -0.4 is 5.56 Å². The summed E-state index contributed by atoms with van der Waals surface area (Å²) in [4.78, 5) is 19.9. The lowest BCUT2D eigenvalue weighted by molar-refractivity contribution is 0.690. The van der Waals surface area contributed by atoms with Crippen molar-refractivity contribution in [3.63, 3.8) is 0 Å². The number of hydrogen-bond donors (Lipinski definition) is 1. The molecule has 24 heavy (non-hydrogen) atoms. The molecule has 2 aromatic carbocycles. The summed E-state index contributed by atoms with van der Waals surface area (Å²) in [6.07, 6.45) is 3.92. The molecule has 1 N–H and O–H groups in total. The number of nitrogens with zero attached hydrogens (tertiary/aromatic N) is 2. The Hall–Kier alpha value is -2.93. The average Bonchev–Trinajstić information content (AvgIpc) is 2.60. The second kappa shape index (κ2) is 5.61. The largest absolute Gasteiger partial charge is 0.310 e. The Morgan fingerprint density at radius 3 is 2.54 bits per heavy atom. The smallest absolute Gasteiger partial charge is 0.259 e. The van der Waals surface area contributed by atoms with Gasteiger partial charge in [-0.05, 0) is 49.3 Å². The summed E-state index contributed by atoms with van der Waals surface area (Å²) in [6, 6.07) is 12.3. The highest BCUT2D eigenvalue weighted by Crippen LogP contribution is 2.38. The number of nitrogens with one attached hydrogen (secondary N) is 1. The van der Waals surface area contributed by atoms with Gasteiger partial charge in [0.05, 0.1) is 16.5 Å². The zero-order chi connectivity index (χ0) is 16.7. The first-order chi connectivity index (χ1) is 11.7. The monoisotopic (exact) mass is 315 g/mol.